The maximum absolute atomic E-state index is 11.0. The molecular weight excluding hydrogens is 178 g/mol. The number of hydrogen-bond acceptors (Lipinski definition) is 3. The Labute approximate surface area is 86.0 Å². The molecule has 1 heterocycles. The van der Waals surface area contributed by atoms with E-state index in [2.05, 4.69) is 4.90 Å². The molecule has 0 bridgehead atoms. The molecule has 0 aliphatic carbocycles. The Morgan fingerprint density at radius 1 is 1.64 bits per heavy atom. The van der Waals surface area contributed by atoms with Gasteiger partial charge in [0, 0.05) is 40.2 Å². The summed E-state index contributed by atoms with van der Waals surface area (Å²) in [7, 11) is 1.87. The summed E-state index contributed by atoms with van der Waals surface area (Å²) in [4.78, 5) is 15.2. The van der Waals surface area contributed by atoms with Crippen LogP contribution in [0.2, 0.25) is 0 Å². The average molecular weight is 199 g/mol. The van der Waals surface area contributed by atoms with Crippen molar-refractivity contribution in [3.05, 3.63) is 0 Å². The molecule has 0 aromatic rings. The summed E-state index contributed by atoms with van der Waals surface area (Å²) in [5.41, 5.74) is 5.50. The van der Waals surface area contributed by atoms with Gasteiger partial charge >= 0.3 is 0 Å². The molecule has 1 saturated heterocycles. The molecule has 1 rings (SSSR count). The van der Waals surface area contributed by atoms with E-state index in [1.54, 1.807) is 11.8 Å². The van der Waals surface area contributed by atoms with E-state index in [-0.39, 0.29) is 5.91 Å². The highest BCUT2D eigenvalue weighted by Crippen LogP contribution is 2.16. The minimum absolute atomic E-state index is 0.155. The summed E-state index contributed by atoms with van der Waals surface area (Å²) >= 11 is 0. The molecule has 1 atom stereocenters. The van der Waals surface area contributed by atoms with E-state index >= 15 is 0 Å². The molecule has 4 heteroatoms. The fraction of sp³-hybridized carbons (Fsp3) is 0.900. The van der Waals surface area contributed by atoms with Gasteiger partial charge < -0.3 is 15.5 Å². The molecular formula is C10H21N3O. The van der Waals surface area contributed by atoms with Gasteiger partial charge in [0.05, 0.1) is 0 Å². The smallest absolute Gasteiger partial charge is 0.219 e. The van der Waals surface area contributed by atoms with E-state index in [1.165, 1.54) is 6.42 Å². The molecule has 1 fully saturated rings. The maximum Gasteiger partial charge on any atom is 0.219 e. The van der Waals surface area contributed by atoms with Gasteiger partial charge in [-0.05, 0) is 18.9 Å². The summed E-state index contributed by atoms with van der Waals surface area (Å²) in [6.45, 7) is 6.45. The largest absolute Gasteiger partial charge is 0.346 e. The highest BCUT2D eigenvalue weighted by Gasteiger charge is 2.23. The topological polar surface area (TPSA) is 49.6 Å². The quantitative estimate of drug-likeness (QED) is 0.679. The number of carbonyl (C=O) groups excluding carboxylic acids is 1. The van der Waals surface area contributed by atoms with Crippen molar-refractivity contribution in [3.8, 4) is 0 Å². The van der Waals surface area contributed by atoms with E-state index in [9.17, 15) is 4.79 Å². The van der Waals surface area contributed by atoms with Crippen molar-refractivity contribution >= 4 is 5.91 Å². The van der Waals surface area contributed by atoms with Crippen LogP contribution in [0.1, 0.15) is 13.3 Å². The summed E-state index contributed by atoms with van der Waals surface area (Å²) < 4.78 is 0. The number of hydrogen-bond donors (Lipinski definition) is 1. The molecule has 0 spiro atoms. The summed E-state index contributed by atoms with van der Waals surface area (Å²) in [5, 5.41) is 0. The van der Waals surface area contributed by atoms with Gasteiger partial charge in [0.25, 0.3) is 0 Å². The molecule has 82 valence electrons. The first-order valence-electron chi connectivity index (χ1n) is 5.27. The lowest BCUT2D eigenvalue weighted by atomic mass is 10.1. The average Bonchev–Trinajstić information content (AvgIpc) is 2.53. The molecule has 14 heavy (non-hydrogen) atoms. The number of rotatable bonds is 4. The van der Waals surface area contributed by atoms with Crippen molar-refractivity contribution in [1.29, 1.82) is 0 Å². The second-order valence-corrected chi connectivity index (χ2v) is 4.14. The fourth-order valence-corrected chi connectivity index (χ4v) is 1.96. The maximum atomic E-state index is 11.0. The van der Waals surface area contributed by atoms with E-state index in [4.69, 9.17) is 5.73 Å². The molecule has 0 radical (unpaired) electrons. The minimum atomic E-state index is 0.155. The first-order chi connectivity index (χ1) is 6.63. The van der Waals surface area contributed by atoms with Crippen LogP contribution >= 0.6 is 0 Å². The van der Waals surface area contributed by atoms with E-state index in [0.717, 1.165) is 32.7 Å². The molecule has 1 amide bonds. The highest BCUT2D eigenvalue weighted by atomic mass is 16.2. The van der Waals surface area contributed by atoms with Crippen LogP contribution in [-0.4, -0.2) is 55.5 Å². The Balaban J connectivity index is 2.25. The Morgan fingerprint density at radius 2 is 2.36 bits per heavy atom. The van der Waals surface area contributed by atoms with E-state index < -0.39 is 0 Å². The Bertz CT molecular complexity index is 196. The lowest BCUT2D eigenvalue weighted by Gasteiger charge is -2.20. The molecule has 1 aliphatic rings. The van der Waals surface area contributed by atoms with Gasteiger partial charge in [0.15, 0.2) is 0 Å². The second-order valence-electron chi connectivity index (χ2n) is 4.14. The molecule has 0 aromatic carbocycles. The molecule has 0 aromatic heterocycles. The summed E-state index contributed by atoms with van der Waals surface area (Å²) in [6.07, 6.45) is 1.19. The van der Waals surface area contributed by atoms with Crippen LogP contribution in [0, 0.1) is 5.92 Å². The molecule has 2 N–H and O–H groups in total. The van der Waals surface area contributed by atoms with Gasteiger partial charge in [-0.2, -0.15) is 0 Å². The van der Waals surface area contributed by atoms with Gasteiger partial charge in [-0.1, -0.05) is 0 Å². The first kappa shape index (κ1) is 11.5. The SMILES string of the molecule is CC(=O)N(C)CC1CCN(CCN)C1. The third-order valence-corrected chi connectivity index (χ3v) is 2.88. The van der Waals surface area contributed by atoms with Gasteiger partial charge in [-0.15, -0.1) is 0 Å². The zero-order chi connectivity index (χ0) is 10.6. The summed E-state index contributed by atoms with van der Waals surface area (Å²) in [6, 6.07) is 0. The highest BCUT2D eigenvalue weighted by molar-refractivity contribution is 5.72. The lowest BCUT2D eigenvalue weighted by molar-refractivity contribution is -0.128. The van der Waals surface area contributed by atoms with Crippen molar-refractivity contribution in [3.63, 3.8) is 0 Å². The third kappa shape index (κ3) is 3.27. The van der Waals surface area contributed by atoms with Crippen LogP contribution in [0.5, 0.6) is 0 Å². The molecule has 1 unspecified atom stereocenters. The number of likely N-dealkylation sites (tertiary alicyclic amines) is 1. The van der Waals surface area contributed by atoms with Crippen LogP contribution in [0.25, 0.3) is 0 Å². The van der Waals surface area contributed by atoms with Gasteiger partial charge in [0.1, 0.15) is 0 Å². The van der Waals surface area contributed by atoms with Crippen molar-refractivity contribution in [2.45, 2.75) is 13.3 Å². The van der Waals surface area contributed by atoms with E-state index in [0.29, 0.717) is 5.92 Å². The van der Waals surface area contributed by atoms with Crippen molar-refractivity contribution < 1.29 is 4.79 Å². The van der Waals surface area contributed by atoms with Crippen LogP contribution in [0.15, 0.2) is 0 Å². The normalized spacial score (nSPS) is 22.6. The second kappa shape index (κ2) is 5.32. The number of nitrogens with zero attached hydrogens (tertiary/aromatic N) is 2. The number of amides is 1. The predicted octanol–water partition coefficient (Wildman–Crippen LogP) is -0.255. The summed E-state index contributed by atoms with van der Waals surface area (Å²) in [5.74, 6) is 0.790. The van der Waals surface area contributed by atoms with Crippen LogP contribution in [0.3, 0.4) is 0 Å². The first-order valence-corrected chi connectivity index (χ1v) is 5.27. The van der Waals surface area contributed by atoms with Crippen LogP contribution in [0.4, 0.5) is 0 Å². The molecule has 1 aliphatic heterocycles. The molecule has 0 saturated carbocycles. The Kier molecular flexibility index (Phi) is 4.35. The van der Waals surface area contributed by atoms with Gasteiger partial charge in [-0.3, -0.25) is 4.79 Å². The monoisotopic (exact) mass is 199 g/mol. The molecule has 4 nitrogen and oxygen atoms in total. The van der Waals surface area contributed by atoms with Crippen molar-refractivity contribution in [1.82, 2.24) is 9.80 Å². The van der Waals surface area contributed by atoms with Gasteiger partial charge in [0.2, 0.25) is 5.91 Å². The van der Waals surface area contributed by atoms with E-state index in [1.807, 2.05) is 7.05 Å². The van der Waals surface area contributed by atoms with Crippen LogP contribution in [-0.2, 0) is 4.79 Å². The predicted molar refractivity (Wildman–Crippen MR) is 56.9 cm³/mol. The van der Waals surface area contributed by atoms with Crippen molar-refractivity contribution in [2.24, 2.45) is 11.7 Å². The number of nitrogens with two attached hydrogens (primary N) is 1. The van der Waals surface area contributed by atoms with Gasteiger partial charge in [-0.25, -0.2) is 0 Å². The standard InChI is InChI=1S/C10H21N3O/c1-9(14)12(2)7-10-3-5-13(8-10)6-4-11/h10H,3-8,11H2,1-2H3. The van der Waals surface area contributed by atoms with Crippen LogP contribution < -0.4 is 5.73 Å². The zero-order valence-corrected chi connectivity index (χ0v) is 9.20. The van der Waals surface area contributed by atoms with Crippen molar-refractivity contribution in [2.75, 3.05) is 39.8 Å². The third-order valence-electron chi connectivity index (χ3n) is 2.88. The fourth-order valence-electron chi connectivity index (χ4n) is 1.96. The Hall–Kier alpha value is -0.610. The zero-order valence-electron chi connectivity index (χ0n) is 9.20. The number of carbonyl (C=O) groups is 1. The lowest BCUT2D eigenvalue weighted by Crippen LogP contribution is -2.32. The Morgan fingerprint density at radius 3 is 2.93 bits per heavy atom. The minimum Gasteiger partial charge on any atom is -0.346 e.